The van der Waals surface area contributed by atoms with Crippen LogP contribution in [0.25, 0.3) is 0 Å². The van der Waals surface area contributed by atoms with Gasteiger partial charge in [-0.2, -0.15) is 0 Å². The van der Waals surface area contributed by atoms with Gasteiger partial charge in [0.15, 0.2) is 0 Å². The summed E-state index contributed by atoms with van der Waals surface area (Å²) in [5.74, 6) is 0.977. The number of likely N-dealkylation sites (N-methyl/N-ethyl adjacent to an activating group) is 1. The fourth-order valence-corrected chi connectivity index (χ4v) is 3.15. The second kappa shape index (κ2) is 9.60. The van der Waals surface area contributed by atoms with Gasteiger partial charge in [0.2, 0.25) is 0 Å². The number of rotatable bonds is 5. The van der Waals surface area contributed by atoms with Crippen molar-refractivity contribution in [1.82, 2.24) is 14.8 Å². The summed E-state index contributed by atoms with van der Waals surface area (Å²) in [6.07, 6.45) is 3.06. The van der Waals surface area contributed by atoms with Crippen LogP contribution in [0.3, 0.4) is 0 Å². The summed E-state index contributed by atoms with van der Waals surface area (Å²) >= 11 is 8.48. The highest BCUT2D eigenvalue weighted by Gasteiger charge is 2.29. The van der Waals surface area contributed by atoms with Crippen LogP contribution in [0.15, 0.2) is 12.3 Å². The number of hydrogen-bond acceptors (Lipinski definition) is 5. The molecule has 1 aliphatic rings. The molecular weight excluding hydrogens is 481 g/mol. The van der Waals surface area contributed by atoms with Crippen molar-refractivity contribution >= 4 is 40.3 Å². The van der Waals surface area contributed by atoms with Gasteiger partial charge in [-0.1, -0.05) is 34.2 Å². The summed E-state index contributed by atoms with van der Waals surface area (Å²) < 4.78 is 11.8. The Morgan fingerprint density at radius 2 is 2.04 bits per heavy atom. The van der Waals surface area contributed by atoms with Gasteiger partial charge in [0.05, 0.1) is 14.8 Å². The van der Waals surface area contributed by atoms with Gasteiger partial charge in [-0.15, -0.1) is 0 Å². The lowest BCUT2D eigenvalue weighted by Crippen LogP contribution is -2.41. The van der Waals surface area contributed by atoms with Crippen LogP contribution in [0.4, 0.5) is 4.79 Å². The number of hydrogen-bond donors (Lipinski definition) is 0. The molecule has 1 fully saturated rings. The molecule has 2 heterocycles. The van der Waals surface area contributed by atoms with Crippen LogP contribution in [-0.2, 0) is 4.74 Å². The molecule has 0 aliphatic carbocycles. The average molecular weight is 510 g/mol. The maximum Gasteiger partial charge on any atom is 0.410 e. The van der Waals surface area contributed by atoms with E-state index in [1.807, 2.05) is 40.9 Å². The zero-order chi connectivity index (χ0) is 20.2. The Kier molecular flexibility index (Phi) is 8.00. The fraction of sp³-hybridized carbons (Fsp3) is 0.684. The van der Waals surface area contributed by atoms with Crippen molar-refractivity contribution in [1.29, 1.82) is 0 Å². The van der Waals surface area contributed by atoms with Crippen LogP contribution in [0.2, 0.25) is 5.02 Å². The monoisotopic (exact) mass is 509 g/mol. The van der Waals surface area contributed by atoms with Gasteiger partial charge in [-0.3, -0.25) is 9.88 Å². The molecule has 0 bridgehead atoms. The van der Waals surface area contributed by atoms with E-state index in [2.05, 4.69) is 32.5 Å². The molecule has 1 amide bonds. The number of likely N-dealkylation sites (tertiary alicyclic amines) is 1. The Morgan fingerprint density at radius 3 is 2.59 bits per heavy atom. The molecule has 0 saturated carbocycles. The van der Waals surface area contributed by atoms with Gasteiger partial charge >= 0.3 is 6.09 Å². The molecule has 1 aliphatic heterocycles. The molecule has 0 spiro atoms. The van der Waals surface area contributed by atoms with Gasteiger partial charge in [0.1, 0.15) is 18.0 Å². The normalized spacial score (nSPS) is 17.1. The quantitative estimate of drug-likeness (QED) is 0.331. The van der Waals surface area contributed by atoms with Crippen molar-refractivity contribution in [2.45, 2.75) is 49.2 Å². The summed E-state index contributed by atoms with van der Waals surface area (Å²) in [6, 6.07) is 1.84. The highest BCUT2D eigenvalue weighted by atomic mass is 127. The zero-order valence-electron chi connectivity index (χ0n) is 16.7. The second-order valence-corrected chi connectivity index (χ2v) is 9.86. The minimum atomic E-state index is -0.477. The van der Waals surface area contributed by atoms with E-state index in [9.17, 15) is 4.79 Å². The summed E-state index contributed by atoms with van der Waals surface area (Å²) in [5, 5.41) is 0.565. The van der Waals surface area contributed by atoms with Crippen LogP contribution in [0.1, 0.15) is 45.2 Å². The predicted octanol–water partition coefficient (Wildman–Crippen LogP) is 4.55. The second-order valence-electron chi connectivity index (χ2n) is 7.99. The maximum atomic E-state index is 12.3. The molecular formula is C19H29ClIN3O3. The van der Waals surface area contributed by atoms with Crippen molar-refractivity contribution in [2.75, 3.05) is 33.8 Å². The number of amides is 1. The van der Waals surface area contributed by atoms with Crippen molar-refractivity contribution in [3.8, 4) is 5.75 Å². The fourth-order valence-electron chi connectivity index (χ4n) is 2.82. The molecule has 0 radical (unpaired) electrons. The number of piperidine rings is 1. The molecule has 6 nitrogen and oxygen atoms in total. The number of alkyl halides is 1. The SMILES string of the molecule is CN(C)[C@H](I)COc1cc(Cl)cnc1C1CCN(C(=O)OC(C)(C)C)CC1. The van der Waals surface area contributed by atoms with Crippen LogP contribution in [-0.4, -0.2) is 64.3 Å². The summed E-state index contributed by atoms with van der Waals surface area (Å²) in [4.78, 5) is 20.7. The van der Waals surface area contributed by atoms with E-state index in [1.54, 1.807) is 11.1 Å². The van der Waals surface area contributed by atoms with Crippen LogP contribution in [0, 0.1) is 0 Å². The predicted molar refractivity (Wildman–Crippen MR) is 116 cm³/mol. The number of halogens is 2. The van der Waals surface area contributed by atoms with Gasteiger partial charge in [-0.05, 0) is 47.7 Å². The van der Waals surface area contributed by atoms with Gasteiger partial charge in [0, 0.05) is 31.3 Å². The van der Waals surface area contributed by atoms with Crippen molar-refractivity contribution in [2.24, 2.45) is 0 Å². The number of carbonyl (C=O) groups excluding carboxylic acids is 1. The first-order chi connectivity index (χ1) is 12.6. The first kappa shape index (κ1) is 22.5. The smallest absolute Gasteiger partial charge is 0.410 e. The van der Waals surface area contributed by atoms with Crippen molar-refractivity contribution < 1.29 is 14.3 Å². The van der Waals surface area contributed by atoms with E-state index in [4.69, 9.17) is 21.1 Å². The molecule has 27 heavy (non-hydrogen) atoms. The Labute approximate surface area is 180 Å². The van der Waals surface area contributed by atoms with Gasteiger partial charge < -0.3 is 14.4 Å². The molecule has 2 rings (SSSR count). The van der Waals surface area contributed by atoms with Gasteiger partial charge in [-0.25, -0.2) is 4.79 Å². The molecule has 1 aromatic rings. The van der Waals surface area contributed by atoms with Gasteiger partial charge in [0.25, 0.3) is 0 Å². The number of aromatic nitrogens is 1. The molecule has 1 atom stereocenters. The third-order valence-electron chi connectivity index (χ3n) is 4.32. The summed E-state index contributed by atoms with van der Waals surface area (Å²) in [5.41, 5.74) is 0.445. The highest BCUT2D eigenvalue weighted by Crippen LogP contribution is 2.34. The van der Waals surface area contributed by atoms with E-state index in [1.165, 1.54) is 0 Å². The molecule has 0 unspecified atom stereocenters. The van der Waals surface area contributed by atoms with E-state index >= 15 is 0 Å². The van der Waals surface area contributed by atoms with Crippen molar-refractivity contribution in [3.05, 3.63) is 23.0 Å². The largest absolute Gasteiger partial charge is 0.489 e. The third-order valence-corrected chi connectivity index (χ3v) is 6.00. The average Bonchev–Trinajstić information content (AvgIpc) is 2.58. The summed E-state index contributed by atoms with van der Waals surface area (Å²) in [6.45, 7) is 7.50. The number of pyridine rings is 1. The number of nitrogens with zero attached hydrogens (tertiary/aromatic N) is 3. The van der Waals surface area contributed by atoms with Crippen LogP contribution < -0.4 is 4.74 Å². The summed E-state index contributed by atoms with van der Waals surface area (Å²) in [7, 11) is 4.04. The minimum absolute atomic E-state index is 0.239. The van der Waals surface area contributed by atoms with E-state index < -0.39 is 5.60 Å². The lowest BCUT2D eigenvalue weighted by molar-refractivity contribution is 0.0203. The van der Waals surface area contributed by atoms with Crippen LogP contribution in [0.5, 0.6) is 5.75 Å². The van der Waals surface area contributed by atoms with E-state index in [-0.39, 0.29) is 16.1 Å². The lowest BCUT2D eigenvalue weighted by Gasteiger charge is -2.33. The first-order valence-electron chi connectivity index (χ1n) is 9.13. The van der Waals surface area contributed by atoms with E-state index in [0.29, 0.717) is 24.7 Å². The Balaban J connectivity index is 2.02. The first-order valence-corrected chi connectivity index (χ1v) is 10.8. The Bertz CT molecular complexity index is 644. The molecule has 1 aromatic heterocycles. The lowest BCUT2D eigenvalue weighted by atomic mass is 9.92. The van der Waals surface area contributed by atoms with Crippen LogP contribution >= 0.6 is 34.2 Å². The Hall–Kier alpha value is -0.800. The Morgan fingerprint density at radius 1 is 1.41 bits per heavy atom. The standard InChI is InChI=1S/C19H29ClIN3O3/c1-19(2,3)27-18(25)24-8-6-13(7-9-24)17-15(10-14(20)11-22-17)26-12-16(21)23(4)5/h10-11,13,16H,6-9,12H2,1-5H3/t16-/m0/s1. The molecule has 8 heteroatoms. The molecule has 0 aromatic carbocycles. The molecule has 1 saturated heterocycles. The zero-order valence-corrected chi connectivity index (χ0v) is 19.6. The minimum Gasteiger partial charge on any atom is -0.489 e. The third kappa shape index (κ3) is 6.94. The van der Waals surface area contributed by atoms with E-state index in [0.717, 1.165) is 24.3 Å². The number of ether oxygens (including phenoxy) is 2. The topological polar surface area (TPSA) is 54.9 Å². The maximum absolute atomic E-state index is 12.3. The highest BCUT2D eigenvalue weighted by molar-refractivity contribution is 14.1. The molecule has 152 valence electrons. The van der Waals surface area contributed by atoms with Crippen molar-refractivity contribution in [3.63, 3.8) is 0 Å². The number of carbonyl (C=O) groups is 1. The molecule has 0 N–H and O–H groups in total.